The van der Waals surface area contributed by atoms with E-state index in [4.69, 9.17) is 4.74 Å². The molecular weight excluding hydrogens is 352 g/mol. The minimum absolute atomic E-state index is 0.0821. The van der Waals surface area contributed by atoms with Crippen molar-refractivity contribution in [2.24, 2.45) is 0 Å². The number of benzene rings is 2. The fourth-order valence-corrected chi connectivity index (χ4v) is 3.25. The van der Waals surface area contributed by atoms with Crippen molar-refractivity contribution in [2.75, 3.05) is 12.4 Å². The molecule has 0 spiro atoms. The van der Waals surface area contributed by atoms with Gasteiger partial charge in [-0.05, 0) is 49.6 Å². The number of hydrogen-bond acceptors (Lipinski definition) is 4. The van der Waals surface area contributed by atoms with Crippen LogP contribution in [-0.4, -0.2) is 21.6 Å². The summed E-state index contributed by atoms with van der Waals surface area (Å²) < 4.78 is 7.46. The van der Waals surface area contributed by atoms with Crippen LogP contribution < -0.4 is 15.6 Å². The first-order valence-corrected chi connectivity index (χ1v) is 9.09. The lowest BCUT2D eigenvalue weighted by atomic mass is 10.1. The molecule has 0 fully saturated rings. The standard InChI is InChI=1S/C22H22N4O2/c1-14-4-6-19-16(8-14)9-17(22(27)25-19)11-23-18-5-7-20(21(10-18)28-3)26-12-15(2)24-13-26/h4-10,12-13,23H,11H2,1-3H3,(H,25,27). The molecule has 4 aromatic rings. The molecule has 142 valence electrons. The molecule has 2 aromatic heterocycles. The Bertz CT molecular complexity index is 1210. The molecule has 0 saturated carbocycles. The number of hydrogen-bond donors (Lipinski definition) is 2. The number of rotatable bonds is 5. The zero-order valence-electron chi connectivity index (χ0n) is 16.1. The van der Waals surface area contributed by atoms with Gasteiger partial charge < -0.3 is 19.6 Å². The van der Waals surface area contributed by atoms with Gasteiger partial charge in [0.15, 0.2) is 0 Å². The molecule has 6 heteroatoms. The highest BCUT2D eigenvalue weighted by Gasteiger charge is 2.08. The van der Waals surface area contributed by atoms with E-state index in [9.17, 15) is 4.79 Å². The third kappa shape index (κ3) is 3.49. The molecule has 2 N–H and O–H groups in total. The number of nitrogens with zero attached hydrogens (tertiary/aromatic N) is 2. The molecule has 6 nitrogen and oxygen atoms in total. The van der Waals surface area contributed by atoms with Gasteiger partial charge in [0.2, 0.25) is 0 Å². The minimum Gasteiger partial charge on any atom is -0.494 e. The van der Waals surface area contributed by atoms with Crippen molar-refractivity contribution in [2.45, 2.75) is 20.4 Å². The maximum Gasteiger partial charge on any atom is 0.253 e. The quantitative estimate of drug-likeness (QED) is 0.555. The van der Waals surface area contributed by atoms with E-state index in [0.29, 0.717) is 12.1 Å². The molecule has 28 heavy (non-hydrogen) atoms. The number of nitrogens with one attached hydrogen (secondary N) is 2. The summed E-state index contributed by atoms with van der Waals surface area (Å²) in [4.78, 5) is 19.6. The molecule has 0 aliphatic heterocycles. The van der Waals surface area contributed by atoms with Crippen LogP contribution in [0.2, 0.25) is 0 Å². The predicted molar refractivity (Wildman–Crippen MR) is 111 cm³/mol. The van der Waals surface area contributed by atoms with Crippen molar-refractivity contribution in [1.82, 2.24) is 14.5 Å². The van der Waals surface area contributed by atoms with Crippen LogP contribution in [0.5, 0.6) is 5.75 Å². The number of aryl methyl sites for hydroxylation is 2. The first-order chi connectivity index (χ1) is 13.5. The Balaban J connectivity index is 1.59. The van der Waals surface area contributed by atoms with Crippen LogP contribution in [0.1, 0.15) is 16.8 Å². The van der Waals surface area contributed by atoms with Gasteiger partial charge in [0, 0.05) is 35.6 Å². The van der Waals surface area contributed by atoms with E-state index in [1.54, 1.807) is 13.4 Å². The van der Waals surface area contributed by atoms with Gasteiger partial charge in [-0.1, -0.05) is 11.6 Å². The molecule has 0 bridgehead atoms. The van der Waals surface area contributed by atoms with Crippen LogP contribution in [-0.2, 0) is 6.54 Å². The van der Waals surface area contributed by atoms with Crippen LogP contribution in [0.4, 0.5) is 5.69 Å². The summed E-state index contributed by atoms with van der Waals surface area (Å²) in [6.45, 7) is 4.41. The SMILES string of the molecule is COc1cc(NCc2cc3cc(C)ccc3[nH]c2=O)ccc1-n1cnc(C)c1. The highest BCUT2D eigenvalue weighted by Crippen LogP contribution is 2.27. The zero-order chi connectivity index (χ0) is 19.7. The monoisotopic (exact) mass is 374 g/mol. The van der Waals surface area contributed by atoms with Gasteiger partial charge in [-0.25, -0.2) is 4.98 Å². The summed E-state index contributed by atoms with van der Waals surface area (Å²) in [6.07, 6.45) is 3.71. The number of ether oxygens (including phenoxy) is 1. The number of aromatic nitrogens is 3. The van der Waals surface area contributed by atoms with Gasteiger partial charge in [-0.2, -0.15) is 0 Å². The lowest BCUT2D eigenvalue weighted by Crippen LogP contribution is -2.15. The van der Waals surface area contributed by atoms with E-state index in [2.05, 4.69) is 21.4 Å². The van der Waals surface area contributed by atoms with Gasteiger partial charge in [-0.3, -0.25) is 4.79 Å². The first-order valence-electron chi connectivity index (χ1n) is 9.09. The molecule has 0 aliphatic rings. The van der Waals surface area contributed by atoms with E-state index in [-0.39, 0.29) is 5.56 Å². The normalized spacial score (nSPS) is 11.0. The third-order valence-electron chi connectivity index (χ3n) is 4.73. The summed E-state index contributed by atoms with van der Waals surface area (Å²) in [7, 11) is 1.64. The molecule has 2 heterocycles. The Morgan fingerprint density at radius 2 is 2.00 bits per heavy atom. The van der Waals surface area contributed by atoms with Crippen molar-refractivity contribution in [1.29, 1.82) is 0 Å². The molecule has 0 amide bonds. The highest BCUT2D eigenvalue weighted by molar-refractivity contribution is 5.79. The maximum absolute atomic E-state index is 12.4. The Kier molecular flexibility index (Phi) is 4.61. The van der Waals surface area contributed by atoms with Crippen LogP contribution in [0.15, 0.2) is 59.8 Å². The van der Waals surface area contributed by atoms with Crippen molar-refractivity contribution < 1.29 is 4.74 Å². The Morgan fingerprint density at radius 1 is 1.14 bits per heavy atom. The van der Waals surface area contributed by atoms with Crippen LogP contribution in [0, 0.1) is 13.8 Å². The molecule has 2 aromatic carbocycles. The van der Waals surface area contributed by atoms with E-state index in [1.807, 2.05) is 61.0 Å². The number of H-pyrrole nitrogens is 1. The summed E-state index contributed by atoms with van der Waals surface area (Å²) in [5.74, 6) is 0.727. The van der Waals surface area contributed by atoms with Gasteiger partial charge in [0.1, 0.15) is 5.75 Å². The zero-order valence-corrected chi connectivity index (χ0v) is 16.1. The number of fused-ring (bicyclic) bond motifs is 1. The average molecular weight is 374 g/mol. The summed E-state index contributed by atoms with van der Waals surface area (Å²) in [6, 6.07) is 13.8. The molecule has 0 aliphatic carbocycles. The Morgan fingerprint density at radius 3 is 2.75 bits per heavy atom. The van der Waals surface area contributed by atoms with Crippen LogP contribution in [0.3, 0.4) is 0 Å². The van der Waals surface area contributed by atoms with Crippen LogP contribution >= 0.6 is 0 Å². The number of imidazole rings is 1. The van der Waals surface area contributed by atoms with Gasteiger partial charge in [0.25, 0.3) is 5.56 Å². The highest BCUT2D eigenvalue weighted by atomic mass is 16.5. The molecule has 0 radical (unpaired) electrons. The van der Waals surface area contributed by atoms with Gasteiger partial charge in [0.05, 0.1) is 24.8 Å². The lowest BCUT2D eigenvalue weighted by Gasteiger charge is -2.13. The summed E-state index contributed by atoms with van der Waals surface area (Å²) in [5.41, 5.74) is 5.34. The van der Waals surface area contributed by atoms with E-state index < -0.39 is 0 Å². The maximum atomic E-state index is 12.4. The van der Waals surface area contributed by atoms with Crippen molar-refractivity contribution in [3.63, 3.8) is 0 Å². The first kappa shape index (κ1) is 17.9. The minimum atomic E-state index is -0.0821. The van der Waals surface area contributed by atoms with E-state index >= 15 is 0 Å². The molecule has 0 unspecified atom stereocenters. The second kappa shape index (κ2) is 7.23. The number of anilines is 1. The second-order valence-electron chi connectivity index (χ2n) is 6.88. The average Bonchev–Trinajstić information content (AvgIpc) is 3.12. The van der Waals surface area contributed by atoms with E-state index in [0.717, 1.165) is 39.3 Å². The van der Waals surface area contributed by atoms with Crippen molar-refractivity contribution in [3.05, 3.63) is 82.2 Å². The summed E-state index contributed by atoms with van der Waals surface area (Å²) >= 11 is 0. The molecular formula is C22H22N4O2. The number of aromatic amines is 1. The smallest absolute Gasteiger partial charge is 0.253 e. The Hall–Kier alpha value is -3.54. The van der Waals surface area contributed by atoms with E-state index in [1.165, 1.54) is 0 Å². The number of methoxy groups -OCH3 is 1. The fraction of sp³-hybridized carbons (Fsp3) is 0.182. The topological polar surface area (TPSA) is 71.9 Å². The van der Waals surface area contributed by atoms with Crippen molar-refractivity contribution in [3.8, 4) is 11.4 Å². The molecule has 0 saturated heterocycles. The van der Waals surface area contributed by atoms with Crippen molar-refractivity contribution >= 4 is 16.6 Å². The summed E-state index contributed by atoms with van der Waals surface area (Å²) in [5, 5.41) is 4.34. The second-order valence-corrected chi connectivity index (χ2v) is 6.88. The lowest BCUT2D eigenvalue weighted by molar-refractivity contribution is 0.413. The third-order valence-corrected chi connectivity index (χ3v) is 4.73. The van der Waals surface area contributed by atoms with Gasteiger partial charge >= 0.3 is 0 Å². The number of pyridine rings is 1. The Labute approximate surface area is 162 Å². The van der Waals surface area contributed by atoms with Crippen LogP contribution in [0.25, 0.3) is 16.6 Å². The molecule has 0 atom stereocenters. The van der Waals surface area contributed by atoms with Gasteiger partial charge in [-0.15, -0.1) is 0 Å². The predicted octanol–water partition coefficient (Wildman–Crippen LogP) is 3.95. The fourth-order valence-electron chi connectivity index (χ4n) is 3.25. The molecule has 4 rings (SSSR count). The largest absolute Gasteiger partial charge is 0.494 e.